The molecule has 0 bridgehead atoms. The van der Waals surface area contributed by atoms with E-state index in [1.165, 1.54) is 10.6 Å². The first-order valence-electron chi connectivity index (χ1n) is 5.03. The standard InChI is InChI=1S/C10H11N3O4/c14-7-3-1-2-4-13(7)5-6-8(9(15)11-6)12-10(16)17/h1-4,6,8,12H,5H2,(H,11,15)(H,16,17)/t6-,8+/m1/s1. The Morgan fingerprint density at radius 3 is 2.82 bits per heavy atom. The summed E-state index contributed by atoms with van der Waals surface area (Å²) in [4.78, 5) is 33.0. The number of carboxylic acid groups (broad SMARTS) is 1. The summed E-state index contributed by atoms with van der Waals surface area (Å²) in [6.45, 7) is 0.246. The zero-order valence-corrected chi connectivity index (χ0v) is 8.79. The molecule has 0 spiro atoms. The molecule has 0 saturated carbocycles. The topological polar surface area (TPSA) is 100 Å². The number of hydrogen-bond acceptors (Lipinski definition) is 3. The molecular weight excluding hydrogens is 226 g/mol. The molecule has 2 atom stereocenters. The van der Waals surface area contributed by atoms with Crippen molar-refractivity contribution in [3.05, 3.63) is 34.7 Å². The number of rotatable bonds is 3. The van der Waals surface area contributed by atoms with Gasteiger partial charge < -0.3 is 20.3 Å². The molecule has 3 N–H and O–H groups in total. The molecule has 0 radical (unpaired) electrons. The maximum absolute atomic E-state index is 11.4. The fourth-order valence-corrected chi connectivity index (χ4v) is 1.72. The first-order valence-corrected chi connectivity index (χ1v) is 5.03. The molecule has 7 nitrogen and oxygen atoms in total. The summed E-state index contributed by atoms with van der Waals surface area (Å²) in [6.07, 6.45) is 0.334. The molecule has 1 fully saturated rings. The number of nitrogens with zero attached hydrogens (tertiary/aromatic N) is 1. The van der Waals surface area contributed by atoms with E-state index >= 15 is 0 Å². The van der Waals surface area contributed by atoms with Crippen LogP contribution in [0.3, 0.4) is 0 Å². The highest BCUT2D eigenvalue weighted by Gasteiger charge is 2.40. The van der Waals surface area contributed by atoms with Gasteiger partial charge in [0, 0.05) is 18.8 Å². The summed E-state index contributed by atoms with van der Waals surface area (Å²) in [7, 11) is 0. The fourth-order valence-electron chi connectivity index (χ4n) is 1.72. The second kappa shape index (κ2) is 4.28. The Kier molecular flexibility index (Phi) is 2.82. The minimum Gasteiger partial charge on any atom is -0.465 e. The molecule has 0 unspecified atom stereocenters. The van der Waals surface area contributed by atoms with Crippen LogP contribution in [0, 0.1) is 0 Å². The average molecular weight is 237 g/mol. The molecule has 2 rings (SSSR count). The molecule has 1 aliphatic heterocycles. The van der Waals surface area contributed by atoms with Gasteiger partial charge in [-0.15, -0.1) is 0 Å². The minimum absolute atomic E-state index is 0.192. The van der Waals surface area contributed by atoms with Gasteiger partial charge in [0.2, 0.25) is 5.91 Å². The smallest absolute Gasteiger partial charge is 0.405 e. The van der Waals surface area contributed by atoms with Crippen LogP contribution in [0.1, 0.15) is 0 Å². The van der Waals surface area contributed by atoms with Crippen LogP contribution in [0.5, 0.6) is 0 Å². The van der Waals surface area contributed by atoms with Gasteiger partial charge in [0.15, 0.2) is 0 Å². The summed E-state index contributed by atoms with van der Waals surface area (Å²) < 4.78 is 1.42. The number of carbonyl (C=O) groups excluding carboxylic acids is 1. The van der Waals surface area contributed by atoms with Gasteiger partial charge in [-0.3, -0.25) is 9.59 Å². The van der Waals surface area contributed by atoms with E-state index in [4.69, 9.17) is 5.11 Å². The van der Waals surface area contributed by atoms with Crippen molar-refractivity contribution in [1.82, 2.24) is 15.2 Å². The number of amides is 2. The van der Waals surface area contributed by atoms with Gasteiger partial charge in [-0.1, -0.05) is 6.07 Å². The molecule has 90 valence electrons. The van der Waals surface area contributed by atoms with E-state index in [0.29, 0.717) is 0 Å². The van der Waals surface area contributed by atoms with Crippen LogP contribution in [0.25, 0.3) is 0 Å². The van der Waals surface area contributed by atoms with Crippen molar-refractivity contribution in [3.63, 3.8) is 0 Å². The lowest BCUT2D eigenvalue weighted by Crippen LogP contribution is -2.70. The first kappa shape index (κ1) is 11.2. The van der Waals surface area contributed by atoms with Crippen molar-refractivity contribution in [3.8, 4) is 0 Å². The van der Waals surface area contributed by atoms with Gasteiger partial charge in [0.25, 0.3) is 5.56 Å². The summed E-state index contributed by atoms with van der Waals surface area (Å²) in [6, 6.07) is 3.53. The SMILES string of the molecule is O=C(O)N[C@@H]1C(=O)N[C@@H]1Cn1ccccc1=O. The second-order valence-corrected chi connectivity index (χ2v) is 3.73. The monoisotopic (exact) mass is 237 g/mol. The van der Waals surface area contributed by atoms with Crippen molar-refractivity contribution < 1.29 is 14.7 Å². The Hall–Kier alpha value is -2.31. The first-order chi connectivity index (χ1) is 8.08. The fraction of sp³-hybridized carbons (Fsp3) is 0.300. The molecule has 1 saturated heterocycles. The third kappa shape index (κ3) is 2.27. The maximum Gasteiger partial charge on any atom is 0.405 e. The third-order valence-electron chi connectivity index (χ3n) is 2.58. The molecule has 0 aromatic carbocycles. The predicted molar refractivity (Wildman–Crippen MR) is 57.6 cm³/mol. The molecule has 1 aliphatic rings. The van der Waals surface area contributed by atoms with E-state index in [2.05, 4.69) is 10.6 Å². The highest BCUT2D eigenvalue weighted by molar-refractivity contribution is 5.91. The number of pyridine rings is 1. The normalized spacial score (nSPS) is 22.5. The van der Waals surface area contributed by atoms with Gasteiger partial charge in [0.05, 0.1) is 6.04 Å². The lowest BCUT2D eigenvalue weighted by Gasteiger charge is -2.36. The highest BCUT2D eigenvalue weighted by atomic mass is 16.4. The van der Waals surface area contributed by atoms with E-state index in [-0.39, 0.29) is 18.0 Å². The number of aromatic nitrogens is 1. The Bertz CT molecular complexity index is 510. The third-order valence-corrected chi connectivity index (χ3v) is 2.58. The van der Waals surface area contributed by atoms with E-state index < -0.39 is 18.2 Å². The van der Waals surface area contributed by atoms with E-state index in [9.17, 15) is 14.4 Å². The van der Waals surface area contributed by atoms with Crippen molar-refractivity contribution >= 4 is 12.0 Å². The van der Waals surface area contributed by atoms with Crippen molar-refractivity contribution in [2.45, 2.75) is 18.6 Å². The quantitative estimate of drug-likeness (QED) is 0.586. The molecule has 2 heterocycles. The van der Waals surface area contributed by atoms with Crippen molar-refractivity contribution in [1.29, 1.82) is 0 Å². The Morgan fingerprint density at radius 2 is 2.24 bits per heavy atom. The van der Waals surface area contributed by atoms with E-state index in [0.717, 1.165) is 0 Å². The summed E-state index contributed by atoms with van der Waals surface area (Å²) in [5, 5.41) is 13.2. The Labute approximate surface area is 96.1 Å². The van der Waals surface area contributed by atoms with Crippen LogP contribution in [0.2, 0.25) is 0 Å². The zero-order valence-electron chi connectivity index (χ0n) is 8.79. The Morgan fingerprint density at radius 1 is 1.47 bits per heavy atom. The molecular formula is C10H11N3O4. The maximum atomic E-state index is 11.4. The number of β-lactam (4-membered cyclic amide) rings is 1. The molecule has 1 aromatic heterocycles. The molecule has 17 heavy (non-hydrogen) atoms. The molecule has 1 aromatic rings. The molecule has 7 heteroatoms. The number of carbonyl (C=O) groups is 2. The van der Waals surface area contributed by atoms with Gasteiger partial charge >= 0.3 is 6.09 Å². The van der Waals surface area contributed by atoms with Crippen LogP contribution in [-0.2, 0) is 11.3 Å². The predicted octanol–water partition coefficient (Wildman–Crippen LogP) is -1.02. The summed E-state index contributed by atoms with van der Waals surface area (Å²) in [5.41, 5.74) is -0.192. The minimum atomic E-state index is -1.25. The van der Waals surface area contributed by atoms with Crippen molar-refractivity contribution in [2.24, 2.45) is 0 Å². The number of hydrogen-bond donors (Lipinski definition) is 3. The van der Waals surface area contributed by atoms with Gasteiger partial charge in [-0.05, 0) is 6.07 Å². The average Bonchev–Trinajstić information content (AvgIpc) is 2.28. The van der Waals surface area contributed by atoms with Crippen molar-refractivity contribution in [2.75, 3.05) is 0 Å². The van der Waals surface area contributed by atoms with E-state index in [1.54, 1.807) is 18.3 Å². The van der Waals surface area contributed by atoms with Crippen LogP contribution in [-0.4, -0.2) is 33.8 Å². The largest absolute Gasteiger partial charge is 0.465 e. The van der Waals surface area contributed by atoms with Gasteiger partial charge in [-0.25, -0.2) is 4.79 Å². The molecule has 0 aliphatic carbocycles. The number of nitrogens with one attached hydrogen (secondary N) is 2. The Balaban J connectivity index is 2.05. The van der Waals surface area contributed by atoms with E-state index in [1.807, 2.05) is 0 Å². The zero-order chi connectivity index (χ0) is 12.4. The lowest BCUT2D eigenvalue weighted by molar-refractivity contribution is -0.131. The highest BCUT2D eigenvalue weighted by Crippen LogP contribution is 2.08. The van der Waals surface area contributed by atoms with Crippen LogP contribution in [0.4, 0.5) is 4.79 Å². The van der Waals surface area contributed by atoms with Crippen LogP contribution in [0.15, 0.2) is 29.2 Å². The van der Waals surface area contributed by atoms with Crippen LogP contribution < -0.4 is 16.2 Å². The van der Waals surface area contributed by atoms with Gasteiger partial charge in [-0.2, -0.15) is 0 Å². The summed E-state index contributed by atoms with van der Waals surface area (Å²) >= 11 is 0. The molecule has 2 amide bonds. The van der Waals surface area contributed by atoms with Crippen LogP contribution >= 0.6 is 0 Å². The van der Waals surface area contributed by atoms with Gasteiger partial charge in [0.1, 0.15) is 6.04 Å². The summed E-state index contributed by atoms with van der Waals surface area (Å²) in [5.74, 6) is -0.374. The second-order valence-electron chi connectivity index (χ2n) is 3.73. The lowest BCUT2D eigenvalue weighted by atomic mass is 9.99.